The molecule has 0 radical (unpaired) electrons. The molecule has 0 fully saturated rings. The number of hydrogen-bond acceptors (Lipinski definition) is 1. The van der Waals surface area contributed by atoms with Crippen LogP contribution in [0.3, 0.4) is 0 Å². The lowest BCUT2D eigenvalue weighted by Gasteiger charge is -2.14. The minimum absolute atomic E-state index is 0.605. The first-order chi connectivity index (χ1) is 4.27. The van der Waals surface area contributed by atoms with Gasteiger partial charge in [0.1, 0.15) is 4.33 Å². The Morgan fingerprint density at radius 2 is 2.00 bits per heavy atom. The maximum atomic E-state index is 10.3. The summed E-state index contributed by atoms with van der Waals surface area (Å²) in [5.41, 5.74) is 0. The van der Waals surface area contributed by atoms with E-state index in [-0.39, 0.29) is 0 Å². The van der Waals surface area contributed by atoms with E-state index in [4.69, 9.17) is 33.0 Å². The first kappa shape index (κ1) is 10.5. The smallest absolute Gasteiger partial charge is 0.324 e. The summed E-state index contributed by atoms with van der Waals surface area (Å²) in [6, 6.07) is 0. The SMILES string of the molecule is C=CC(Cl)(Cl)CP(=O)(O)O. The Bertz CT molecular complexity index is 173. The van der Waals surface area contributed by atoms with Gasteiger partial charge in [0.15, 0.2) is 0 Å². The van der Waals surface area contributed by atoms with Gasteiger partial charge in [0.05, 0.1) is 6.16 Å². The van der Waals surface area contributed by atoms with Crippen LogP contribution in [0.25, 0.3) is 0 Å². The second-order valence-electron chi connectivity index (χ2n) is 1.79. The normalized spacial score (nSPS) is 13.2. The van der Waals surface area contributed by atoms with E-state index in [0.717, 1.165) is 6.08 Å². The molecule has 0 aromatic rings. The van der Waals surface area contributed by atoms with E-state index in [1.54, 1.807) is 0 Å². The summed E-state index contributed by atoms with van der Waals surface area (Å²) in [5.74, 6) is 0. The van der Waals surface area contributed by atoms with Crippen LogP contribution in [0.5, 0.6) is 0 Å². The van der Waals surface area contributed by atoms with Gasteiger partial charge in [0, 0.05) is 0 Å². The third kappa shape index (κ3) is 5.27. The molecular formula is C4H7Cl2O3P. The van der Waals surface area contributed by atoms with Crippen molar-refractivity contribution in [2.75, 3.05) is 6.16 Å². The molecule has 60 valence electrons. The Labute approximate surface area is 68.8 Å². The number of hydrogen-bond donors (Lipinski definition) is 2. The number of rotatable bonds is 3. The molecule has 0 rings (SSSR count). The summed E-state index contributed by atoms with van der Waals surface area (Å²) in [7, 11) is -4.14. The van der Waals surface area contributed by atoms with Crippen molar-refractivity contribution in [3.8, 4) is 0 Å². The van der Waals surface area contributed by atoms with Crippen LogP contribution in [0.1, 0.15) is 0 Å². The molecule has 0 amide bonds. The molecule has 0 bridgehead atoms. The molecular weight excluding hydrogens is 198 g/mol. The molecule has 0 spiro atoms. The third-order valence-electron chi connectivity index (χ3n) is 0.715. The van der Waals surface area contributed by atoms with Gasteiger partial charge in [-0.05, 0) is 0 Å². The molecule has 0 aliphatic carbocycles. The monoisotopic (exact) mass is 204 g/mol. The number of alkyl halides is 2. The van der Waals surface area contributed by atoms with E-state index in [1.165, 1.54) is 0 Å². The summed E-state index contributed by atoms with van der Waals surface area (Å²) in [5, 5.41) is 0. The van der Waals surface area contributed by atoms with Gasteiger partial charge in [-0.25, -0.2) is 0 Å². The molecule has 0 atom stereocenters. The van der Waals surface area contributed by atoms with Crippen molar-refractivity contribution in [1.82, 2.24) is 0 Å². The van der Waals surface area contributed by atoms with Crippen LogP contribution >= 0.6 is 30.8 Å². The zero-order valence-electron chi connectivity index (χ0n) is 5.00. The standard InChI is InChI=1S/C4H7Cl2O3P/c1-2-4(5,6)3-10(7,8)9/h2H,1,3H2,(H2,7,8,9). The fourth-order valence-electron chi connectivity index (χ4n) is 0.339. The summed E-state index contributed by atoms with van der Waals surface area (Å²) in [6.07, 6.45) is 0.474. The quantitative estimate of drug-likeness (QED) is 0.417. The highest BCUT2D eigenvalue weighted by atomic mass is 35.5. The van der Waals surface area contributed by atoms with Crippen molar-refractivity contribution in [2.45, 2.75) is 4.33 Å². The molecule has 0 aliphatic heterocycles. The Morgan fingerprint density at radius 1 is 1.60 bits per heavy atom. The van der Waals surface area contributed by atoms with Gasteiger partial charge in [-0.15, -0.1) is 6.58 Å². The topological polar surface area (TPSA) is 57.5 Å². The highest BCUT2D eigenvalue weighted by Gasteiger charge is 2.29. The van der Waals surface area contributed by atoms with E-state index in [9.17, 15) is 4.57 Å². The van der Waals surface area contributed by atoms with Crippen molar-refractivity contribution in [3.63, 3.8) is 0 Å². The lowest BCUT2D eigenvalue weighted by Crippen LogP contribution is -2.14. The lowest BCUT2D eigenvalue weighted by atomic mass is 10.5. The second kappa shape index (κ2) is 3.24. The Kier molecular flexibility index (Phi) is 3.40. The Hall–Kier alpha value is 0.470. The maximum Gasteiger partial charge on any atom is 0.328 e. The van der Waals surface area contributed by atoms with E-state index >= 15 is 0 Å². The molecule has 0 aliphatic rings. The molecule has 0 saturated carbocycles. The molecule has 10 heavy (non-hydrogen) atoms. The fourth-order valence-corrected chi connectivity index (χ4v) is 1.95. The van der Waals surface area contributed by atoms with Gasteiger partial charge in [0.2, 0.25) is 0 Å². The van der Waals surface area contributed by atoms with Crippen LogP contribution in [-0.2, 0) is 4.57 Å². The highest BCUT2D eigenvalue weighted by molar-refractivity contribution is 7.52. The van der Waals surface area contributed by atoms with Crippen LogP contribution in [0.4, 0.5) is 0 Å². The van der Waals surface area contributed by atoms with Crippen LogP contribution in [0, 0.1) is 0 Å². The van der Waals surface area contributed by atoms with Crippen molar-refractivity contribution in [2.24, 2.45) is 0 Å². The largest absolute Gasteiger partial charge is 0.328 e. The van der Waals surface area contributed by atoms with Crippen molar-refractivity contribution < 1.29 is 14.4 Å². The summed E-state index contributed by atoms with van der Waals surface area (Å²) in [4.78, 5) is 16.8. The van der Waals surface area contributed by atoms with E-state index in [2.05, 4.69) is 6.58 Å². The van der Waals surface area contributed by atoms with Gasteiger partial charge in [-0.3, -0.25) is 4.57 Å². The number of allylic oxidation sites excluding steroid dienone is 1. The highest BCUT2D eigenvalue weighted by Crippen LogP contribution is 2.42. The van der Waals surface area contributed by atoms with Crippen molar-refractivity contribution >= 4 is 30.8 Å². The van der Waals surface area contributed by atoms with Gasteiger partial charge in [-0.2, -0.15) is 0 Å². The second-order valence-corrected chi connectivity index (χ2v) is 4.98. The fraction of sp³-hybridized carbons (Fsp3) is 0.500. The molecule has 0 heterocycles. The average molecular weight is 205 g/mol. The summed E-state index contributed by atoms with van der Waals surface area (Å²) >= 11 is 10.7. The minimum Gasteiger partial charge on any atom is -0.324 e. The Balaban J connectivity index is 4.15. The van der Waals surface area contributed by atoms with Crippen LogP contribution in [0.2, 0.25) is 0 Å². The number of halogens is 2. The zero-order valence-corrected chi connectivity index (χ0v) is 7.40. The van der Waals surface area contributed by atoms with E-state index in [1.807, 2.05) is 0 Å². The van der Waals surface area contributed by atoms with Gasteiger partial charge < -0.3 is 9.79 Å². The molecule has 0 unspecified atom stereocenters. The summed E-state index contributed by atoms with van der Waals surface area (Å²) in [6.45, 7) is 3.21. The van der Waals surface area contributed by atoms with Gasteiger partial charge in [0.25, 0.3) is 0 Å². The predicted molar refractivity (Wildman–Crippen MR) is 41.5 cm³/mol. The van der Waals surface area contributed by atoms with E-state index in [0.29, 0.717) is 0 Å². The minimum atomic E-state index is -4.14. The molecule has 0 aromatic heterocycles. The molecule has 3 nitrogen and oxygen atoms in total. The van der Waals surface area contributed by atoms with Crippen LogP contribution in [0.15, 0.2) is 12.7 Å². The molecule has 6 heteroatoms. The van der Waals surface area contributed by atoms with E-state index < -0.39 is 18.1 Å². The van der Waals surface area contributed by atoms with Gasteiger partial charge in [-0.1, -0.05) is 29.3 Å². The third-order valence-corrected chi connectivity index (χ3v) is 2.57. The summed E-state index contributed by atoms with van der Waals surface area (Å²) < 4.78 is 8.75. The lowest BCUT2D eigenvalue weighted by molar-refractivity contribution is 0.372. The van der Waals surface area contributed by atoms with Crippen LogP contribution < -0.4 is 0 Å². The molecule has 0 saturated heterocycles. The van der Waals surface area contributed by atoms with Crippen molar-refractivity contribution in [3.05, 3.63) is 12.7 Å². The Morgan fingerprint density at radius 3 is 2.10 bits per heavy atom. The van der Waals surface area contributed by atoms with Crippen LogP contribution in [-0.4, -0.2) is 20.3 Å². The molecule has 0 aromatic carbocycles. The maximum absolute atomic E-state index is 10.3. The predicted octanol–water partition coefficient (Wildman–Crippen LogP) is 1.52. The van der Waals surface area contributed by atoms with Gasteiger partial charge >= 0.3 is 7.60 Å². The first-order valence-electron chi connectivity index (χ1n) is 2.33. The van der Waals surface area contributed by atoms with Crippen molar-refractivity contribution in [1.29, 1.82) is 0 Å². The first-order valence-corrected chi connectivity index (χ1v) is 4.88. The average Bonchev–Trinajstić information content (AvgIpc) is 1.60. The zero-order chi connectivity index (χ0) is 8.41. The molecule has 2 N–H and O–H groups in total.